The first kappa shape index (κ1) is 13.4. The molecule has 2 N–H and O–H groups in total. The van der Waals surface area contributed by atoms with Crippen LogP contribution in [0.25, 0.3) is 0 Å². The fourth-order valence-electron chi connectivity index (χ4n) is 2.63. The van der Waals surface area contributed by atoms with Crippen LogP contribution < -0.4 is 10.6 Å². The van der Waals surface area contributed by atoms with Gasteiger partial charge in [-0.05, 0) is 42.4 Å². The largest absolute Gasteiger partial charge is 0.371 e. The normalized spacial score (nSPS) is 25.4. The number of hydrogen-bond acceptors (Lipinski definition) is 2. The molecule has 0 amide bonds. The lowest BCUT2D eigenvalue weighted by molar-refractivity contribution is 0.494. The summed E-state index contributed by atoms with van der Waals surface area (Å²) in [6.45, 7) is 9.22. The molecule has 1 aromatic carbocycles. The highest BCUT2D eigenvalue weighted by Gasteiger charge is 2.25. The zero-order chi connectivity index (χ0) is 13.1. The molecule has 2 heteroatoms. The van der Waals surface area contributed by atoms with Crippen molar-refractivity contribution in [2.75, 3.05) is 18.0 Å². The van der Waals surface area contributed by atoms with E-state index in [4.69, 9.17) is 5.73 Å². The van der Waals surface area contributed by atoms with Gasteiger partial charge in [-0.25, -0.2) is 0 Å². The molecule has 1 heterocycles. The Morgan fingerprint density at radius 2 is 1.72 bits per heavy atom. The maximum atomic E-state index is 5.99. The molecule has 2 nitrogen and oxygen atoms in total. The molecule has 18 heavy (non-hydrogen) atoms. The minimum atomic E-state index is 0.294. The van der Waals surface area contributed by atoms with Gasteiger partial charge >= 0.3 is 0 Å². The zero-order valence-corrected chi connectivity index (χ0v) is 11.9. The van der Waals surface area contributed by atoms with Crippen LogP contribution in [0.3, 0.4) is 0 Å². The Labute approximate surface area is 111 Å². The van der Waals surface area contributed by atoms with Gasteiger partial charge in [0.1, 0.15) is 0 Å². The SMILES string of the molecule is CCC(N)Cc1ccc(N2CC(C)C(C)C2)cc1. The Bertz CT molecular complexity index is 361. The summed E-state index contributed by atoms with van der Waals surface area (Å²) in [6, 6.07) is 9.27. The first-order valence-corrected chi connectivity index (χ1v) is 7.19. The minimum absolute atomic E-state index is 0.294. The maximum Gasteiger partial charge on any atom is 0.0366 e. The predicted molar refractivity (Wildman–Crippen MR) is 79.0 cm³/mol. The van der Waals surface area contributed by atoms with Gasteiger partial charge in [-0.2, -0.15) is 0 Å². The number of hydrogen-bond donors (Lipinski definition) is 1. The van der Waals surface area contributed by atoms with Crippen molar-refractivity contribution in [3.05, 3.63) is 29.8 Å². The summed E-state index contributed by atoms with van der Waals surface area (Å²) < 4.78 is 0. The summed E-state index contributed by atoms with van der Waals surface area (Å²) in [5, 5.41) is 0. The maximum absolute atomic E-state index is 5.99. The van der Waals surface area contributed by atoms with E-state index < -0.39 is 0 Å². The monoisotopic (exact) mass is 246 g/mol. The van der Waals surface area contributed by atoms with E-state index in [1.165, 1.54) is 24.3 Å². The van der Waals surface area contributed by atoms with Crippen molar-refractivity contribution in [2.24, 2.45) is 17.6 Å². The smallest absolute Gasteiger partial charge is 0.0366 e. The number of nitrogens with zero attached hydrogens (tertiary/aromatic N) is 1. The summed E-state index contributed by atoms with van der Waals surface area (Å²) >= 11 is 0. The molecule has 100 valence electrons. The van der Waals surface area contributed by atoms with E-state index in [0.717, 1.165) is 24.7 Å². The van der Waals surface area contributed by atoms with Crippen LogP contribution in [-0.4, -0.2) is 19.1 Å². The van der Waals surface area contributed by atoms with Crippen LogP contribution in [0.4, 0.5) is 5.69 Å². The summed E-state index contributed by atoms with van der Waals surface area (Å²) in [4.78, 5) is 2.50. The molecule has 0 aliphatic carbocycles. The summed E-state index contributed by atoms with van der Waals surface area (Å²) in [7, 11) is 0. The molecule has 0 saturated carbocycles. The molecule has 1 aliphatic rings. The number of rotatable bonds is 4. The van der Waals surface area contributed by atoms with E-state index in [1.54, 1.807) is 0 Å². The van der Waals surface area contributed by atoms with Gasteiger partial charge in [-0.3, -0.25) is 0 Å². The van der Waals surface area contributed by atoms with Crippen LogP contribution in [0.1, 0.15) is 32.8 Å². The molecule has 3 unspecified atom stereocenters. The first-order valence-electron chi connectivity index (χ1n) is 7.19. The summed E-state index contributed by atoms with van der Waals surface area (Å²) in [6.07, 6.45) is 2.03. The van der Waals surface area contributed by atoms with Crippen molar-refractivity contribution in [3.8, 4) is 0 Å². The number of benzene rings is 1. The van der Waals surface area contributed by atoms with Gasteiger partial charge in [0.25, 0.3) is 0 Å². The molecular formula is C16H26N2. The van der Waals surface area contributed by atoms with E-state index in [9.17, 15) is 0 Å². The van der Waals surface area contributed by atoms with E-state index in [2.05, 4.69) is 49.9 Å². The quantitative estimate of drug-likeness (QED) is 0.884. The third-order valence-corrected chi connectivity index (χ3v) is 4.31. The number of nitrogens with two attached hydrogens (primary N) is 1. The fraction of sp³-hybridized carbons (Fsp3) is 0.625. The second kappa shape index (κ2) is 5.75. The average Bonchev–Trinajstić information content (AvgIpc) is 2.70. The summed E-state index contributed by atoms with van der Waals surface area (Å²) in [5.41, 5.74) is 8.71. The van der Waals surface area contributed by atoms with E-state index in [0.29, 0.717) is 6.04 Å². The van der Waals surface area contributed by atoms with Crippen molar-refractivity contribution in [2.45, 2.75) is 39.7 Å². The Balaban J connectivity index is 2.00. The van der Waals surface area contributed by atoms with Crippen molar-refractivity contribution in [1.29, 1.82) is 0 Å². The number of anilines is 1. The van der Waals surface area contributed by atoms with Gasteiger partial charge in [0.15, 0.2) is 0 Å². The highest BCUT2D eigenvalue weighted by Crippen LogP contribution is 2.27. The molecule has 0 radical (unpaired) electrons. The van der Waals surface area contributed by atoms with Crippen molar-refractivity contribution in [1.82, 2.24) is 0 Å². The molecule has 1 saturated heterocycles. The van der Waals surface area contributed by atoms with Gasteiger partial charge in [-0.15, -0.1) is 0 Å². The average molecular weight is 246 g/mol. The molecule has 3 atom stereocenters. The Morgan fingerprint density at radius 3 is 2.22 bits per heavy atom. The molecule has 1 aromatic rings. The molecule has 1 aliphatic heterocycles. The van der Waals surface area contributed by atoms with Gasteiger partial charge in [0, 0.05) is 24.8 Å². The van der Waals surface area contributed by atoms with Gasteiger partial charge < -0.3 is 10.6 Å². The Kier molecular flexibility index (Phi) is 4.28. The third-order valence-electron chi connectivity index (χ3n) is 4.31. The topological polar surface area (TPSA) is 29.3 Å². The Morgan fingerprint density at radius 1 is 1.17 bits per heavy atom. The molecule has 0 bridgehead atoms. The van der Waals surface area contributed by atoms with Crippen LogP contribution in [0, 0.1) is 11.8 Å². The predicted octanol–water partition coefficient (Wildman–Crippen LogP) is 3.06. The van der Waals surface area contributed by atoms with Crippen molar-refractivity contribution < 1.29 is 0 Å². The lowest BCUT2D eigenvalue weighted by Gasteiger charge is -2.19. The first-order chi connectivity index (χ1) is 8.60. The van der Waals surface area contributed by atoms with Gasteiger partial charge in [-0.1, -0.05) is 32.9 Å². The van der Waals surface area contributed by atoms with Gasteiger partial charge in [0.05, 0.1) is 0 Å². The van der Waals surface area contributed by atoms with Gasteiger partial charge in [0.2, 0.25) is 0 Å². The fourth-order valence-corrected chi connectivity index (χ4v) is 2.63. The van der Waals surface area contributed by atoms with Crippen molar-refractivity contribution >= 4 is 5.69 Å². The van der Waals surface area contributed by atoms with Crippen LogP contribution >= 0.6 is 0 Å². The minimum Gasteiger partial charge on any atom is -0.371 e. The molecule has 0 aromatic heterocycles. The second-order valence-corrected chi connectivity index (χ2v) is 5.90. The van der Waals surface area contributed by atoms with Crippen LogP contribution in [0.5, 0.6) is 0 Å². The standard InChI is InChI=1S/C16H26N2/c1-4-15(17)9-14-5-7-16(8-6-14)18-10-12(2)13(3)11-18/h5-8,12-13,15H,4,9-11,17H2,1-3H3. The van der Waals surface area contributed by atoms with Crippen LogP contribution in [0.15, 0.2) is 24.3 Å². The van der Waals surface area contributed by atoms with Crippen molar-refractivity contribution in [3.63, 3.8) is 0 Å². The third kappa shape index (κ3) is 3.05. The van der Waals surface area contributed by atoms with Crippen LogP contribution in [-0.2, 0) is 6.42 Å². The second-order valence-electron chi connectivity index (χ2n) is 5.90. The highest BCUT2D eigenvalue weighted by atomic mass is 15.2. The Hall–Kier alpha value is -1.02. The van der Waals surface area contributed by atoms with E-state index in [-0.39, 0.29) is 0 Å². The highest BCUT2D eigenvalue weighted by molar-refractivity contribution is 5.48. The van der Waals surface area contributed by atoms with Crippen LogP contribution in [0.2, 0.25) is 0 Å². The van der Waals surface area contributed by atoms with E-state index >= 15 is 0 Å². The van der Waals surface area contributed by atoms with E-state index in [1.807, 2.05) is 0 Å². The lowest BCUT2D eigenvalue weighted by Crippen LogP contribution is -2.22. The lowest BCUT2D eigenvalue weighted by atomic mass is 10.0. The molecule has 1 fully saturated rings. The molecule has 0 spiro atoms. The molecule has 2 rings (SSSR count). The summed E-state index contributed by atoms with van der Waals surface area (Å²) in [5.74, 6) is 1.61. The molecular weight excluding hydrogens is 220 g/mol. The zero-order valence-electron chi connectivity index (χ0n) is 11.9.